The summed E-state index contributed by atoms with van der Waals surface area (Å²) in [6.45, 7) is 6.78. The van der Waals surface area contributed by atoms with Gasteiger partial charge in [0.15, 0.2) is 0 Å². The van der Waals surface area contributed by atoms with Crippen molar-refractivity contribution in [1.29, 1.82) is 0 Å². The average molecular weight is 366 g/mol. The fourth-order valence-electron chi connectivity index (χ4n) is 3.30. The van der Waals surface area contributed by atoms with Crippen LogP contribution in [0, 0.1) is 0 Å². The summed E-state index contributed by atoms with van der Waals surface area (Å²) < 4.78 is 0. The number of carbonyl (C=O) groups excluding carboxylic acids is 2. The van der Waals surface area contributed by atoms with Crippen LogP contribution in [-0.2, 0) is 4.79 Å². The van der Waals surface area contributed by atoms with Crippen molar-refractivity contribution in [2.24, 2.45) is 0 Å². The Labute approximate surface area is 160 Å². The molecule has 2 aromatic rings. The number of nitrogens with zero attached hydrogens (tertiary/aromatic N) is 2. The minimum atomic E-state index is -0.116. The average Bonchev–Trinajstić information content (AvgIpc) is 2.69. The van der Waals surface area contributed by atoms with E-state index in [1.807, 2.05) is 11.0 Å². The molecule has 1 aliphatic rings. The molecule has 0 saturated carbocycles. The van der Waals surface area contributed by atoms with Crippen molar-refractivity contribution in [2.75, 3.05) is 36.8 Å². The van der Waals surface area contributed by atoms with E-state index in [1.165, 1.54) is 12.5 Å². The highest BCUT2D eigenvalue weighted by atomic mass is 16.2. The minimum absolute atomic E-state index is 0.0886. The Balaban J connectivity index is 1.50. The molecule has 0 aliphatic carbocycles. The van der Waals surface area contributed by atoms with E-state index >= 15 is 0 Å². The molecule has 27 heavy (non-hydrogen) atoms. The predicted octanol–water partition coefficient (Wildman–Crippen LogP) is 3.56. The molecule has 1 atom stereocenters. The van der Waals surface area contributed by atoms with E-state index in [0.29, 0.717) is 30.5 Å². The molecule has 3 amide bonds. The number of anilines is 2. The Morgan fingerprint density at radius 3 is 1.96 bits per heavy atom. The van der Waals surface area contributed by atoms with Crippen LogP contribution in [0.2, 0.25) is 0 Å². The van der Waals surface area contributed by atoms with Crippen LogP contribution in [0.25, 0.3) is 0 Å². The summed E-state index contributed by atoms with van der Waals surface area (Å²) >= 11 is 0. The van der Waals surface area contributed by atoms with E-state index in [9.17, 15) is 9.59 Å². The molecule has 0 spiro atoms. The summed E-state index contributed by atoms with van der Waals surface area (Å²) in [5.41, 5.74) is 2.73. The number of rotatable bonds is 4. The second-order valence-electron chi connectivity index (χ2n) is 6.80. The van der Waals surface area contributed by atoms with Crippen molar-refractivity contribution in [3.05, 3.63) is 60.2 Å². The quantitative estimate of drug-likeness (QED) is 0.870. The fourth-order valence-corrected chi connectivity index (χ4v) is 3.30. The van der Waals surface area contributed by atoms with Crippen LogP contribution in [0.15, 0.2) is 54.6 Å². The van der Waals surface area contributed by atoms with Gasteiger partial charge in [0.2, 0.25) is 5.91 Å². The van der Waals surface area contributed by atoms with Gasteiger partial charge in [-0.3, -0.25) is 9.69 Å². The lowest BCUT2D eigenvalue weighted by Crippen LogP contribution is -2.50. The number of hydrogen-bond donors (Lipinski definition) is 2. The Bertz CT molecular complexity index is 769. The number of piperazine rings is 1. The lowest BCUT2D eigenvalue weighted by Gasteiger charge is -2.38. The first-order chi connectivity index (χ1) is 13.0. The number of urea groups is 1. The summed E-state index contributed by atoms with van der Waals surface area (Å²) in [5, 5.41) is 5.63. The van der Waals surface area contributed by atoms with Gasteiger partial charge in [-0.25, -0.2) is 4.79 Å². The first kappa shape index (κ1) is 18.9. The van der Waals surface area contributed by atoms with Crippen molar-refractivity contribution in [3.8, 4) is 0 Å². The zero-order valence-electron chi connectivity index (χ0n) is 15.8. The molecule has 0 aromatic heterocycles. The highest BCUT2D eigenvalue weighted by Gasteiger charge is 2.24. The van der Waals surface area contributed by atoms with Gasteiger partial charge in [-0.1, -0.05) is 30.3 Å². The van der Waals surface area contributed by atoms with Crippen molar-refractivity contribution >= 4 is 23.3 Å². The number of benzene rings is 2. The number of amides is 3. The van der Waals surface area contributed by atoms with Gasteiger partial charge in [-0.15, -0.1) is 0 Å². The number of hydrogen-bond acceptors (Lipinski definition) is 3. The van der Waals surface area contributed by atoms with E-state index < -0.39 is 0 Å². The third kappa shape index (κ3) is 5.08. The van der Waals surface area contributed by atoms with E-state index in [4.69, 9.17) is 0 Å². The molecule has 142 valence electrons. The van der Waals surface area contributed by atoms with Gasteiger partial charge in [-0.05, 0) is 36.8 Å². The van der Waals surface area contributed by atoms with Crippen LogP contribution in [0.3, 0.4) is 0 Å². The second-order valence-corrected chi connectivity index (χ2v) is 6.80. The standard InChI is InChI=1S/C21H26N4O2/c1-16(18-6-4-3-5-7-18)24-12-14-25(15-13-24)21(27)23-20-10-8-19(9-11-20)22-17(2)26/h3-11,16H,12-15H2,1-2H3,(H,22,26)(H,23,27). The summed E-state index contributed by atoms with van der Waals surface area (Å²) in [5.74, 6) is -0.116. The number of carbonyl (C=O) groups is 2. The van der Waals surface area contributed by atoms with Gasteiger partial charge < -0.3 is 15.5 Å². The molecule has 1 saturated heterocycles. The molecule has 3 rings (SSSR count). The smallest absolute Gasteiger partial charge is 0.321 e. The third-order valence-corrected chi connectivity index (χ3v) is 4.89. The van der Waals surface area contributed by atoms with Gasteiger partial charge in [0.05, 0.1) is 0 Å². The first-order valence-corrected chi connectivity index (χ1v) is 9.25. The van der Waals surface area contributed by atoms with Crippen LogP contribution in [0.5, 0.6) is 0 Å². The van der Waals surface area contributed by atoms with Crippen LogP contribution < -0.4 is 10.6 Å². The normalized spacial score (nSPS) is 15.9. The molecular formula is C21H26N4O2. The Hall–Kier alpha value is -2.86. The van der Waals surface area contributed by atoms with Crippen molar-refractivity contribution in [1.82, 2.24) is 9.80 Å². The topological polar surface area (TPSA) is 64.7 Å². The molecule has 1 heterocycles. The molecule has 1 unspecified atom stereocenters. The van der Waals surface area contributed by atoms with E-state index in [0.717, 1.165) is 13.1 Å². The van der Waals surface area contributed by atoms with Gasteiger partial charge in [-0.2, -0.15) is 0 Å². The lowest BCUT2D eigenvalue weighted by molar-refractivity contribution is -0.114. The zero-order valence-corrected chi connectivity index (χ0v) is 15.8. The molecule has 0 radical (unpaired) electrons. The summed E-state index contributed by atoms with van der Waals surface area (Å²) in [6.07, 6.45) is 0. The molecule has 2 N–H and O–H groups in total. The largest absolute Gasteiger partial charge is 0.326 e. The van der Waals surface area contributed by atoms with E-state index in [2.05, 4.69) is 46.7 Å². The van der Waals surface area contributed by atoms with Crippen molar-refractivity contribution in [2.45, 2.75) is 19.9 Å². The first-order valence-electron chi connectivity index (χ1n) is 9.25. The van der Waals surface area contributed by atoms with Crippen molar-refractivity contribution < 1.29 is 9.59 Å². The highest BCUT2D eigenvalue weighted by molar-refractivity contribution is 5.91. The molecule has 6 heteroatoms. The van der Waals surface area contributed by atoms with Gasteiger partial charge in [0.1, 0.15) is 0 Å². The minimum Gasteiger partial charge on any atom is -0.326 e. The molecule has 2 aromatic carbocycles. The molecular weight excluding hydrogens is 340 g/mol. The lowest BCUT2D eigenvalue weighted by atomic mass is 10.1. The van der Waals surface area contributed by atoms with E-state index in [1.54, 1.807) is 24.3 Å². The third-order valence-electron chi connectivity index (χ3n) is 4.89. The Kier molecular flexibility index (Phi) is 6.08. The van der Waals surface area contributed by atoms with Crippen LogP contribution in [0.4, 0.5) is 16.2 Å². The maximum Gasteiger partial charge on any atom is 0.321 e. The summed E-state index contributed by atoms with van der Waals surface area (Å²) in [7, 11) is 0. The number of nitrogens with one attached hydrogen (secondary N) is 2. The van der Waals surface area contributed by atoms with Gasteiger partial charge in [0.25, 0.3) is 0 Å². The van der Waals surface area contributed by atoms with Crippen LogP contribution >= 0.6 is 0 Å². The van der Waals surface area contributed by atoms with Gasteiger partial charge in [0, 0.05) is 50.5 Å². The van der Waals surface area contributed by atoms with Crippen LogP contribution in [0.1, 0.15) is 25.5 Å². The fraction of sp³-hybridized carbons (Fsp3) is 0.333. The summed E-state index contributed by atoms with van der Waals surface area (Å²) in [6, 6.07) is 17.8. The maximum absolute atomic E-state index is 12.5. The molecule has 1 aliphatic heterocycles. The highest BCUT2D eigenvalue weighted by Crippen LogP contribution is 2.21. The second kappa shape index (κ2) is 8.68. The molecule has 6 nitrogen and oxygen atoms in total. The molecule has 1 fully saturated rings. The van der Waals surface area contributed by atoms with Gasteiger partial charge >= 0.3 is 6.03 Å². The van der Waals surface area contributed by atoms with E-state index in [-0.39, 0.29) is 11.9 Å². The molecule has 0 bridgehead atoms. The monoisotopic (exact) mass is 366 g/mol. The predicted molar refractivity (Wildman–Crippen MR) is 108 cm³/mol. The zero-order chi connectivity index (χ0) is 19.2. The SMILES string of the molecule is CC(=O)Nc1ccc(NC(=O)N2CCN(C(C)c3ccccc3)CC2)cc1. The Morgan fingerprint density at radius 2 is 1.41 bits per heavy atom. The Morgan fingerprint density at radius 1 is 0.852 bits per heavy atom. The van der Waals surface area contributed by atoms with Crippen LogP contribution in [-0.4, -0.2) is 47.9 Å². The van der Waals surface area contributed by atoms with Crippen molar-refractivity contribution in [3.63, 3.8) is 0 Å². The summed E-state index contributed by atoms with van der Waals surface area (Å²) in [4.78, 5) is 27.8. The maximum atomic E-state index is 12.5.